The number of rotatable bonds is 10. The van der Waals surface area contributed by atoms with Crippen LogP contribution in [0.3, 0.4) is 0 Å². The van der Waals surface area contributed by atoms with Crippen LogP contribution in [0, 0.1) is 13.8 Å². The lowest BCUT2D eigenvalue weighted by molar-refractivity contribution is -0.137. The van der Waals surface area contributed by atoms with Gasteiger partial charge >= 0.3 is 12.1 Å². The van der Waals surface area contributed by atoms with Gasteiger partial charge in [-0.2, -0.15) is 13.2 Å². The smallest absolute Gasteiger partial charge is 0.416 e. The van der Waals surface area contributed by atoms with Crippen molar-refractivity contribution in [2.75, 3.05) is 0 Å². The first-order valence-corrected chi connectivity index (χ1v) is 12.8. The highest BCUT2D eigenvalue weighted by molar-refractivity contribution is 6.02. The molecule has 1 N–H and O–H groups in total. The molecule has 0 saturated carbocycles. The lowest BCUT2D eigenvalue weighted by Gasteiger charge is -2.27. The Bertz CT molecular complexity index is 1390. The van der Waals surface area contributed by atoms with Gasteiger partial charge in [-0.3, -0.25) is 0 Å². The maximum absolute atomic E-state index is 13.6. The number of carboxylic acids is 1. The number of carboxylic acid groups (broad SMARTS) is 1. The molecule has 0 fully saturated rings. The highest BCUT2D eigenvalue weighted by atomic mass is 19.4. The van der Waals surface area contributed by atoms with Gasteiger partial charge in [-0.15, -0.1) is 0 Å². The van der Waals surface area contributed by atoms with Crippen molar-refractivity contribution in [1.29, 1.82) is 0 Å². The molecule has 6 nitrogen and oxygen atoms in total. The van der Waals surface area contributed by atoms with Gasteiger partial charge in [0.05, 0.1) is 22.5 Å². The Morgan fingerprint density at radius 3 is 2.44 bits per heavy atom. The van der Waals surface area contributed by atoms with E-state index in [9.17, 15) is 18.0 Å². The lowest BCUT2D eigenvalue weighted by Crippen LogP contribution is -2.29. The van der Waals surface area contributed by atoms with Gasteiger partial charge in [-0.1, -0.05) is 54.0 Å². The van der Waals surface area contributed by atoms with E-state index >= 15 is 0 Å². The number of aryl methyl sites for hydroxylation is 2. The number of alkyl halides is 3. The summed E-state index contributed by atoms with van der Waals surface area (Å²) in [6, 6.07) is 10.3. The summed E-state index contributed by atoms with van der Waals surface area (Å²) in [4.78, 5) is 17.1. The Hall–Kier alpha value is -3.88. The van der Waals surface area contributed by atoms with Gasteiger partial charge in [0.15, 0.2) is 0 Å². The molecule has 206 valence electrons. The largest absolute Gasteiger partial charge is 0.478 e. The van der Waals surface area contributed by atoms with Crippen LogP contribution < -0.4 is 0 Å². The van der Waals surface area contributed by atoms with Crippen molar-refractivity contribution in [3.8, 4) is 11.1 Å². The number of hydrogen-bond donors (Lipinski definition) is 1. The summed E-state index contributed by atoms with van der Waals surface area (Å²) in [5, 5.41) is 17.4. The van der Waals surface area contributed by atoms with Gasteiger partial charge in [-0.25, -0.2) is 4.79 Å². The van der Waals surface area contributed by atoms with Crippen LogP contribution in [0.2, 0.25) is 0 Å². The van der Waals surface area contributed by atoms with Crippen LogP contribution in [0.25, 0.3) is 11.1 Å². The molecule has 2 heterocycles. The van der Waals surface area contributed by atoms with E-state index in [0.29, 0.717) is 47.4 Å². The van der Waals surface area contributed by atoms with Crippen LogP contribution in [-0.4, -0.2) is 27.5 Å². The molecule has 0 spiro atoms. The number of carbonyl (C=O) groups is 1. The third-order valence-corrected chi connectivity index (χ3v) is 7.12. The van der Waals surface area contributed by atoms with Crippen molar-refractivity contribution in [3.05, 3.63) is 88.3 Å². The van der Waals surface area contributed by atoms with Crippen LogP contribution in [0.4, 0.5) is 13.2 Å². The maximum Gasteiger partial charge on any atom is 0.416 e. The minimum Gasteiger partial charge on any atom is -0.478 e. The zero-order valence-electron chi connectivity index (χ0n) is 22.2. The summed E-state index contributed by atoms with van der Waals surface area (Å²) >= 11 is 0. The maximum atomic E-state index is 13.6. The molecule has 1 aromatic heterocycles. The third-order valence-electron chi connectivity index (χ3n) is 7.12. The molecule has 1 unspecified atom stereocenters. The molecule has 4 rings (SSSR count). The van der Waals surface area contributed by atoms with Gasteiger partial charge in [-0.05, 0) is 80.5 Å². The van der Waals surface area contributed by atoms with E-state index in [0.717, 1.165) is 35.8 Å². The minimum atomic E-state index is -4.47. The van der Waals surface area contributed by atoms with Crippen molar-refractivity contribution >= 4 is 11.7 Å². The zero-order chi connectivity index (χ0) is 28.4. The molecule has 2 aromatic carbocycles. The Labute approximate surface area is 225 Å². The van der Waals surface area contributed by atoms with Crippen molar-refractivity contribution in [2.24, 2.45) is 5.16 Å². The SMILES string of the molecule is C=C(CCC1(CCC)CC(c2ccc(C(=O)O)cc2)=NO1)Cc1cc(C(F)(F)F)ccc1-c1c(C)noc1C. The standard InChI is InChI=1S/C30H31F3N2O4/c1-5-13-29(17-26(35-39-29)21-6-8-22(9-7-21)28(36)37)14-12-18(2)15-23-16-24(30(31,32)33)10-11-25(23)27-19(3)34-38-20(27)4/h6-11,16H,2,5,12-15,17H2,1,3-4H3,(H,36,37). The first kappa shape index (κ1) is 28.1. The lowest BCUT2D eigenvalue weighted by atomic mass is 9.84. The normalized spacial score (nSPS) is 17.1. The van der Waals surface area contributed by atoms with E-state index in [1.165, 1.54) is 24.3 Å². The average Bonchev–Trinajstić information content (AvgIpc) is 3.46. The molecule has 3 aromatic rings. The fraction of sp³-hybridized carbons (Fsp3) is 0.367. The molecular weight excluding hydrogens is 509 g/mol. The van der Waals surface area contributed by atoms with Gasteiger partial charge in [0.1, 0.15) is 11.4 Å². The predicted octanol–water partition coefficient (Wildman–Crippen LogP) is 7.92. The molecule has 1 atom stereocenters. The monoisotopic (exact) mass is 540 g/mol. The molecule has 9 heteroatoms. The van der Waals surface area contributed by atoms with Gasteiger partial charge in [0, 0.05) is 12.0 Å². The Kier molecular flexibility index (Phi) is 7.99. The molecule has 0 saturated heterocycles. The molecule has 1 aliphatic heterocycles. The fourth-order valence-corrected chi connectivity index (χ4v) is 5.12. The van der Waals surface area contributed by atoms with Gasteiger partial charge in [0.25, 0.3) is 0 Å². The van der Waals surface area contributed by atoms with E-state index in [-0.39, 0.29) is 12.0 Å². The summed E-state index contributed by atoms with van der Waals surface area (Å²) < 4.78 is 45.9. The molecule has 0 radical (unpaired) electrons. The third kappa shape index (κ3) is 6.24. The number of aromatic nitrogens is 1. The second-order valence-corrected chi connectivity index (χ2v) is 10.1. The van der Waals surface area contributed by atoms with Crippen LogP contribution in [-0.2, 0) is 17.4 Å². The van der Waals surface area contributed by atoms with Gasteiger partial charge < -0.3 is 14.5 Å². The molecule has 0 amide bonds. The molecule has 0 bridgehead atoms. The molecular formula is C30H31F3N2O4. The summed E-state index contributed by atoms with van der Waals surface area (Å²) in [6.07, 6.45) is -0.917. The molecule has 39 heavy (non-hydrogen) atoms. The second kappa shape index (κ2) is 11.1. The summed E-state index contributed by atoms with van der Waals surface area (Å²) in [6.45, 7) is 9.75. The first-order chi connectivity index (χ1) is 18.4. The van der Waals surface area contributed by atoms with Crippen molar-refractivity contribution in [1.82, 2.24) is 5.16 Å². The summed E-state index contributed by atoms with van der Waals surface area (Å²) in [7, 11) is 0. The highest BCUT2D eigenvalue weighted by Crippen LogP contribution is 2.39. The van der Waals surface area contributed by atoms with Crippen molar-refractivity contribution in [3.63, 3.8) is 0 Å². The second-order valence-electron chi connectivity index (χ2n) is 10.1. The molecule has 0 aliphatic carbocycles. The Morgan fingerprint density at radius 2 is 1.85 bits per heavy atom. The summed E-state index contributed by atoms with van der Waals surface area (Å²) in [5.41, 5.74) is 3.70. The number of aromatic carboxylic acids is 1. The number of benzene rings is 2. The topological polar surface area (TPSA) is 84.9 Å². The van der Waals surface area contributed by atoms with Crippen LogP contribution >= 0.6 is 0 Å². The van der Waals surface area contributed by atoms with Crippen LogP contribution in [0.15, 0.2) is 64.3 Å². The Balaban J connectivity index is 1.51. The first-order valence-electron chi connectivity index (χ1n) is 12.8. The fourth-order valence-electron chi connectivity index (χ4n) is 5.12. The number of halogens is 3. The van der Waals surface area contributed by atoms with E-state index in [1.807, 2.05) is 0 Å². The molecule has 1 aliphatic rings. The van der Waals surface area contributed by atoms with Crippen molar-refractivity contribution < 1.29 is 32.4 Å². The Morgan fingerprint density at radius 1 is 1.13 bits per heavy atom. The number of allylic oxidation sites excluding steroid dienone is 1. The van der Waals surface area contributed by atoms with Crippen LogP contribution in [0.1, 0.15) is 77.5 Å². The zero-order valence-corrected chi connectivity index (χ0v) is 22.2. The van der Waals surface area contributed by atoms with E-state index < -0.39 is 23.3 Å². The van der Waals surface area contributed by atoms with Gasteiger partial charge in [0.2, 0.25) is 0 Å². The highest BCUT2D eigenvalue weighted by Gasteiger charge is 2.38. The van der Waals surface area contributed by atoms with E-state index in [2.05, 4.69) is 23.8 Å². The quantitative estimate of drug-likeness (QED) is 0.264. The predicted molar refractivity (Wildman–Crippen MR) is 142 cm³/mol. The number of oxime groups is 1. The number of hydrogen-bond acceptors (Lipinski definition) is 5. The van der Waals surface area contributed by atoms with Crippen molar-refractivity contribution in [2.45, 2.75) is 71.1 Å². The van der Waals surface area contributed by atoms with Crippen LogP contribution in [0.5, 0.6) is 0 Å². The average molecular weight is 541 g/mol. The van der Waals surface area contributed by atoms with E-state index in [4.69, 9.17) is 14.5 Å². The van der Waals surface area contributed by atoms with E-state index in [1.54, 1.807) is 26.0 Å². The minimum absolute atomic E-state index is 0.194. The number of nitrogens with zero attached hydrogens (tertiary/aromatic N) is 2. The summed E-state index contributed by atoms with van der Waals surface area (Å²) in [5.74, 6) is -0.454.